The highest BCUT2D eigenvalue weighted by molar-refractivity contribution is 7.89. The van der Waals surface area contributed by atoms with Crippen LogP contribution in [0.2, 0.25) is 0 Å². The third kappa shape index (κ3) is 5.64. The number of hydrogen-bond donors (Lipinski definition) is 0. The van der Waals surface area contributed by atoms with Crippen molar-refractivity contribution in [1.82, 2.24) is 9.21 Å². The predicted molar refractivity (Wildman–Crippen MR) is 129 cm³/mol. The zero-order valence-corrected chi connectivity index (χ0v) is 20.7. The number of nitrogens with zero attached hydrogens (tertiary/aromatic N) is 3. The molecule has 0 N–H and O–H groups in total. The van der Waals surface area contributed by atoms with E-state index in [1.807, 2.05) is 25.1 Å². The smallest absolute Gasteiger partial charge is 0.246 e. The highest BCUT2D eigenvalue weighted by atomic mass is 35.5. The molecule has 1 aromatic carbocycles. The molecule has 0 unspecified atom stereocenters. The highest BCUT2D eigenvalue weighted by Crippen LogP contribution is 2.40. The number of carbonyl (C=O) groups is 2. The summed E-state index contributed by atoms with van der Waals surface area (Å²) in [6, 6.07) is 9.76. The molecular weight excluding hydrogens is 450 g/mol. The standard InChI is InChI=1S/C23H33N3O4S.ClH/c1-4-11-19-22-20(26(23(19)28)31(3,29)30)15-17-25(22)21(27)14-9-6-10-16-24(2)18-12-7-5-8-13-18;/h5,7-8,12-13,15,19,22H,4,6,9-11,14,16-17H2,1-3H3;1H/t19-,22-;/m1./s1. The fourth-order valence-corrected chi connectivity index (χ4v) is 5.61. The van der Waals surface area contributed by atoms with Crippen LogP contribution in [0.25, 0.3) is 0 Å². The van der Waals surface area contributed by atoms with E-state index < -0.39 is 27.9 Å². The van der Waals surface area contributed by atoms with Gasteiger partial charge in [0.2, 0.25) is 21.8 Å². The average Bonchev–Trinajstić information content (AvgIpc) is 3.26. The molecular formula is C23H34ClN3O4S. The van der Waals surface area contributed by atoms with E-state index in [2.05, 4.69) is 24.1 Å². The van der Waals surface area contributed by atoms with Gasteiger partial charge in [-0.05, 0) is 37.5 Å². The normalized spacial score (nSPS) is 20.1. The summed E-state index contributed by atoms with van der Waals surface area (Å²) in [5.74, 6) is -0.879. The van der Waals surface area contributed by atoms with Crippen LogP contribution in [-0.4, -0.2) is 61.9 Å². The second-order valence-electron chi connectivity index (χ2n) is 8.45. The first-order valence-corrected chi connectivity index (χ1v) is 12.9. The van der Waals surface area contributed by atoms with Gasteiger partial charge in [-0.1, -0.05) is 38.0 Å². The molecule has 2 heterocycles. The molecule has 2 aliphatic rings. The highest BCUT2D eigenvalue weighted by Gasteiger charge is 2.53. The van der Waals surface area contributed by atoms with Gasteiger partial charge in [-0.3, -0.25) is 9.59 Å². The molecule has 1 saturated heterocycles. The zero-order valence-electron chi connectivity index (χ0n) is 19.1. The molecule has 0 spiro atoms. The lowest BCUT2D eigenvalue weighted by atomic mass is 9.96. The number of hydrogen-bond acceptors (Lipinski definition) is 5. The second-order valence-corrected chi connectivity index (χ2v) is 10.3. The Hall–Kier alpha value is -2.06. The van der Waals surface area contributed by atoms with Gasteiger partial charge in [-0.2, -0.15) is 0 Å². The minimum absolute atomic E-state index is 0. The summed E-state index contributed by atoms with van der Waals surface area (Å²) < 4.78 is 25.3. The number of fused-ring (bicyclic) bond motifs is 1. The van der Waals surface area contributed by atoms with Crippen molar-refractivity contribution in [2.24, 2.45) is 5.92 Å². The Balaban J connectivity index is 0.00000363. The van der Waals surface area contributed by atoms with E-state index in [1.54, 1.807) is 11.0 Å². The molecule has 0 saturated carbocycles. The molecule has 32 heavy (non-hydrogen) atoms. The Labute approximate surface area is 197 Å². The molecule has 178 valence electrons. The van der Waals surface area contributed by atoms with Gasteiger partial charge in [-0.25, -0.2) is 12.7 Å². The van der Waals surface area contributed by atoms with E-state index in [1.165, 1.54) is 5.69 Å². The first-order chi connectivity index (χ1) is 14.8. The van der Waals surface area contributed by atoms with Gasteiger partial charge in [-0.15, -0.1) is 12.4 Å². The summed E-state index contributed by atoms with van der Waals surface area (Å²) >= 11 is 0. The first kappa shape index (κ1) is 26.2. The van der Waals surface area contributed by atoms with Crippen molar-refractivity contribution in [1.29, 1.82) is 0 Å². The molecule has 0 aliphatic carbocycles. The van der Waals surface area contributed by atoms with Gasteiger partial charge in [0.25, 0.3) is 0 Å². The number of halogens is 1. The van der Waals surface area contributed by atoms with Gasteiger partial charge in [0.1, 0.15) is 0 Å². The lowest BCUT2D eigenvalue weighted by Gasteiger charge is -2.27. The second kappa shape index (κ2) is 11.2. The van der Waals surface area contributed by atoms with Gasteiger partial charge >= 0.3 is 0 Å². The Morgan fingerprint density at radius 3 is 2.47 bits per heavy atom. The molecule has 1 aromatic rings. The lowest BCUT2D eigenvalue weighted by Crippen LogP contribution is -2.41. The van der Waals surface area contributed by atoms with Crippen LogP contribution in [0.3, 0.4) is 0 Å². The van der Waals surface area contributed by atoms with E-state index >= 15 is 0 Å². The SMILES string of the molecule is CCC[C@H]1C(=O)N(S(C)(=O)=O)C2=CCN(C(=O)CCCCCN(C)c3ccccc3)[C@@H]21.Cl. The van der Waals surface area contributed by atoms with E-state index in [0.29, 0.717) is 25.1 Å². The summed E-state index contributed by atoms with van der Waals surface area (Å²) in [6.07, 6.45) is 7.23. The summed E-state index contributed by atoms with van der Waals surface area (Å²) in [5, 5.41) is 0. The van der Waals surface area contributed by atoms with Gasteiger partial charge < -0.3 is 9.80 Å². The maximum atomic E-state index is 12.9. The Morgan fingerprint density at radius 1 is 1.16 bits per heavy atom. The molecule has 9 heteroatoms. The van der Waals surface area contributed by atoms with Crippen molar-refractivity contribution in [2.75, 3.05) is 31.3 Å². The van der Waals surface area contributed by atoms with Crippen LogP contribution in [0.15, 0.2) is 42.1 Å². The van der Waals surface area contributed by atoms with E-state index in [9.17, 15) is 18.0 Å². The van der Waals surface area contributed by atoms with Gasteiger partial charge in [0.15, 0.2) is 0 Å². The van der Waals surface area contributed by atoms with Crippen molar-refractivity contribution in [3.8, 4) is 0 Å². The zero-order chi connectivity index (χ0) is 22.6. The monoisotopic (exact) mass is 483 g/mol. The number of rotatable bonds is 10. The molecule has 3 rings (SSSR count). The molecule has 0 bridgehead atoms. The molecule has 0 radical (unpaired) electrons. The van der Waals surface area contributed by atoms with E-state index in [4.69, 9.17) is 0 Å². The van der Waals surface area contributed by atoms with Crippen LogP contribution in [0.4, 0.5) is 5.69 Å². The minimum atomic E-state index is -3.69. The predicted octanol–water partition coefficient (Wildman–Crippen LogP) is 3.42. The molecule has 2 atom stereocenters. The third-order valence-electron chi connectivity index (χ3n) is 6.10. The van der Waals surface area contributed by atoms with Crippen LogP contribution in [0.1, 0.15) is 45.4 Å². The van der Waals surface area contributed by atoms with Crippen molar-refractivity contribution in [3.05, 3.63) is 42.1 Å². The van der Waals surface area contributed by atoms with Crippen LogP contribution >= 0.6 is 12.4 Å². The number of para-hydroxylation sites is 1. The topological polar surface area (TPSA) is 78.0 Å². The summed E-state index contributed by atoms with van der Waals surface area (Å²) in [4.78, 5) is 29.6. The van der Waals surface area contributed by atoms with E-state index in [0.717, 1.165) is 42.8 Å². The largest absolute Gasteiger partial charge is 0.375 e. The third-order valence-corrected chi connectivity index (χ3v) is 7.16. The number of benzene rings is 1. The van der Waals surface area contributed by atoms with Crippen LogP contribution in [-0.2, 0) is 19.6 Å². The molecule has 2 amide bonds. The fourth-order valence-electron chi connectivity index (χ4n) is 4.59. The molecule has 2 aliphatic heterocycles. The van der Waals surface area contributed by atoms with E-state index in [-0.39, 0.29) is 18.3 Å². The summed E-state index contributed by atoms with van der Waals surface area (Å²) in [5.41, 5.74) is 1.64. The molecule has 0 aromatic heterocycles. The molecule has 7 nitrogen and oxygen atoms in total. The van der Waals surface area contributed by atoms with Crippen molar-refractivity contribution >= 4 is 39.9 Å². The van der Waals surface area contributed by atoms with Crippen LogP contribution in [0.5, 0.6) is 0 Å². The van der Waals surface area contributed by atoms with Crippen LogP contribution in [0, 0.1) is 5.92 Å². The number of unbranched alkanes of at least 4 members (excludes halogenated alkanes) is 2. The maximum absolute atomic E-state index is 12.9. The van der Waals surface area contributed by atoms with Crippen molar-refractivity contribution < 1.29 is 18.0 Å². The van der Waals surface area contributed by atoms with Gasteiger partial charge in [0.05, 0.1) is 23.9 Å². The maximum Gasteiger partial charge on any atom is 0.246 e. The number of carbonyl (C=O) groups excluding carboxylic acids is 2. The quantitative estimate of drug-likeness (QED) is 0.476. The van der Waals surface area contributed by atoms with Gasteiger partial charge in [0, 0.05) is 32.2 Å². The van der Waals surface area contributed by atoms with Crippen LogP contribution < -0.4 is 4.90 Å². The Kier molecular flexibility index (Phi) is 9.16. The van der Waals surface area contributed by atoms with Crippen molar-refractivity contribution in [2.45, 2.75) is 51.5 Å². The summed E-state index contributed by atoms with van der Waals surface area (Å²) in [7, 11) is -1.62. The number of anilines is 1. The van der Waals surface area contributed by atoms with Crippen molar-refractivity contribution in [3.63, 3.8) is 0 Å². The average molecular weight is 484 g/mol. The first-order valence-electron chi connectivity index (χ1n) is 11.1. The molecule has 1 fully saturated rings. The Bertz CT molecular complexity index is 936. The Morgan fingerprint density at radius 2 is 1.84 bits per heavy atom. The lowest BCUT2D eigenvalue weighted by molar-refractivity contribution is -0.133. The fraction of sp³-hybridized carbons (Fsp3) is 0.565. The number of sulfonamides is 1. The minimum Gasteiger partial charge on any atom is -0.375 e. The summed E-state index contributed by atoms with van der Waals surface area (Å²) in [6.45, 7) is 3.26. The number of amides is 2.